The number of ether oxygens (including phenoxy) is 1. The summed E-state index contributed by atoms with van der Waals surface area (Å²) in [6, 6.07) is 4.29. The first kappa shape index (κ1) is 42.9. The van der Waals surface area contributed by atoms with Gasteiger partial charge in [0.1, 0.15) is 28.2 Å². The lowest BCUT2D eigenvalue weighted by atomic mass is 9.86. The number of likely N-dealkylation sites (N-methyl/N-ethyl adjacent to an activating group) is 1. The number of hydrogen-bond acceptors (Lipinski definition) is 12. The number of carbonyl (C=O) groups is 3. The number of pyridine rings is 2. The van der Waals surface area contributed by atoms with Crippen molar-refractivity contribution in [2.45, 2.75) is 70.0 Å². The number of likely N-dealkylation sites (tertiary alicyclic amines) is 1. The number of nitrogens with one attached hydrogen (secondary N) is 3. The number of aryl methyl sites for hydroxylation is 1. The zero-order chi connectivity index (χ0) is 44.0. The molecule has 1 aromatic carbocycles. The lowest BCUT2D eigenvalue weighted by Crippen LogP contribution is -2.47. The van der Waals surface area contributed by atoms with Crippen LogP contribution in [-0.2, 0) is 21.4 Å². The molecule has 7 heterocycles. The Morgan fingerprint density at radius 2 is 1.82 bits per heavy atom. The number of anilines is 3. The maximum absolute atomic E-state index is 16.2. The van der Waals surface area contributed by atoms with Crippen molar-refractivity contribution < 1.29 is 32.3 Å². The fourth-order valence-electron chi connectivity index (χ4n) is 8.86. The molecule has 0 aliphatic carbocycles. The average molecular weight is 878 g/mol. The summed E-state index contributed by atoms with van der Waals surface area (Å²) in [5.74, 6) is -3.56. The number of aromatic nitrogens is 6. The van der Waals surface area contributed by atoms with Gasteiger partial charge in [-0.1, -0.05) is 11.6 Å². The fraction of sp³-hybridized carbons (Fsp3) is 0.476. The van der Waals surface area contributed by atoms with E-state index in [1.165, 1.54) is 34.6 Å². The van der Waals surface area contributed by atoms with E-state index < -0.39 is 41.1 Å². The molecule has 3 N–H and O–H groups in total. The second-order valence-corrected chi connectivity index (χ2v) is 16.9. The normalized spacial score (nSPS) is 20.3. The van der Waals surface area contributed by atoms with E-state index in [-0.39, 0.29) is 88.5 Å². The van der Waals surface area contributed by atoms with Crippen LogP contribution in [0.5, 0.6) is 5.75 Å². The standard InChI is InChI=1S/C42H47ClF3N11O5/c1-21(2)57-39-24(14-31(41(57)61)62-20-33(59)47-3)13-25(16-48-39)50-38-28(43)17-49-42(52-38)56-12-9-23(30(45)19-56)18-55-10-7-22(8-11-55)34-29(44)15-27-36(53-54(4)37(27)35(34)46)26-5-6-32(58)51-40(26)60/h13-17,21-23,26,30H,5-12,18-20H2,1-4H3,(H,47,59)(H,49,50,52)(H,51,58,60)/t23-,26?,30-/m0/s1. The number of imide groups is 1. The molecule has 62 heavy (non-hydrogen) atoms. The van der Waals surface area contributed by atoms with Crippen molar-refractivity contribution in [2.75, 3.05) is 56.6 Å². The predicted molar refractivity (Wildman–Crippen MR) is 226 cm³/mol. The molecule has 3 amide bonds. The van der Waals surface area contributed by atoms with E-state index in [0.717, 1.165) is 0 Å². The van der Waals surface area contributed by atoms with Crippen LogP contribution in [0.1, 0.15) is 75.1 Å². The summed E-state index contributed by atoms with van der Waals surface area (Å²) in [5, 5.41) is 13.3. The number of rotatable bonds is 11. The number of piperidine rings is 3. The monoisotopic (exact) mass is 877 g/mol. The van der Waals surface area contributed by atoms with Crippen molar-refractivity contribution in [3.8, 4) is 5.75 Å². The number of amides is 3. The predicted octanol–water partition coefficient (Wildman–Crippen LogP) is 5.02. The number of nitrogens with zero attached hydrogens (tertiary/aromatic N) is 8. The Kier molecular flexibility index (Phi) is 12.1. The topological polar surface area (TPSA) is 181 Å². The minimum atomic E-state index is -1.19. The second kappa shape index (κ2) is 17.5. The number of carbonyl (C=O) groups excluding carboxylic acids is 3. The number of halogens is 4. The van der Waals surface area contributed by atoms with Crippen LogP contribution < -0.4 is 31.1 Å². The molecule has 4 aromatic heterocycles. The number of hydrogen-bond donors (Lipinski definition) is 3. The first-order chi connectivity index (χ1) is 29.7. The van der Waals surface area contributed by atoms with E-state index in [1.807, 2.05) is 13.8 Å². The molecule has 0 saturated carbocycles. The van der Waals surface area contributed by atoms with Gasteiger partial charge in [-0.15, -0.1) is 0 Å². The van der Waals surface area contributed by atoms with Crippen molar-refractivity contribution >= 4 is 68.7 Å². The zero-order valence-corrected chi connectivity index (χ0v) is 35.4. The van der Waals surface area contributed by atoms with Gasteiger partial charge in [0, 0.05) is 61.9 Å². The van der Waals surface area contributed by atoms with Crippen LogP contribution in [0.4, 0.5) is 30.6 Å². The molecule has 5 aromatic rings. The highest BCUT2D eigenvalue weighted by Gasteiger charge is 2.36. The van der Waals surface area contributed by atoms with E-state index >= 15 is 13.2 Å². The molecule has 3 aliphatic heterocycles. The molecular formula is C42H47ClF3N11O5. The van der Waals surface area contributed by atoms with Gasteiger partial charge in [0.15, 0.2) is 24.0 Å². The highest BCUT2D eigenvalue weighted by Crippen LogP contribution is 2.39. The third kappa shape index (κ3) is 8.39. The highest BCUT2D eigenvalue weighted by atomic mass is 35.5. The van der Waals surface area contributed by atoms with Crippen LogP contribution in [0.2, 0.25) is 5.02 Å². The molecule has 3 saturated heterocycles. The number of benzene rings is 1. The average Bonchev–Trinajstić information content (AvgIpc) is 3.56. The van der Waals surface area contributed by atoms with Crippen LogP contribution in [0.15, 0.2) is 35.4 Å². The van der Waals surface area contributed by atoms with Gasteiger partial charge >= 0.3 is 0 Å². The molecule has 0 radical (unpaired) electrons. The lowest BCUT2D eigenvalue weighted by Gasteiger charge is -2.39. The molecule has 20 heteroatoms. The van der Waals surface area contributed by atoms with Gasteiger partial charge in [-0.05, 0) is 76.7 Å². The van der Waals surface area contributed by atoms with Gasteiger partial charge in [0.25, 0.3) is 11.5 Å². The highest BCUT2D eigenvalue weighted by molar-refractivity contribution is 6.33. The molecule has 0 bridgehead atoms. The Balaban J connectivity index is 0.898. The molecule has 328 valence electrons. The molecule has 3 atom stereocenters. The van der Waals surface area contributed by atoms with Gasteiger partial charge < -0.3 is 25.2 Å². The number of fused-ring (bicyclic) bond motifs is 2. The quantitative estimate of drug-likeness (QED) is 0.151. The van der Waals surface area contributed by atoms with E-state index in [9.17, 15) is 19.2 Å². The Bertz CT molecular complexity index is 2630. The Morgan fingerprint density at radius 1 is 1.05 bits per heavy atom. The fourth-order valence-corrected chi connectivity index (χ4v) is 9.00. The first-order valence-corrected chi connectivity index (χ1v) is 21.1. The first-order valence-electron chi connectivity index (χ1n) is 20.7. The molecule has 1 unspecified atom stereocenters. The van der Waals surface area contributed by atoms with Gasteiger partial charge in [0.05, 0.1) is 36.2 Å². The SMILES string of the molecule is CNC(=O)COc1cc2cc(Nc3nc(N4CC[C@@H](CN5CCC(c6c(F)cc7c(C8CCC(=O)NC8=O)nn(C)c7c6F)CC5)[C@@H](F)C4)ncc3Cl)cnc2n(C(C)C)c1=O. The van der Waals surface area contributed by atoms with E-state index in [1.54, 1.807) is 24.2 Å². The summed E-state index contributed by atoms with van der Waals surface area (Å²) in [6.07, 6.45) is 3.63. The van der Waals surface area contributed by atoms with Crippen molar-refractivity contribution in [1.82, 2.24) is 44.8 Å². The molecule has 3 aliphatic rings. The van der Waals surface area contributed by atoms with Crippen molar-refractivity contribution in [3.63, 3.8) is 0 Å². The van der Waals surface area contributed by atoms with Crippen LogP contribution >= 0.6 is 11.6 Å². The number of alkyl halides is 1. The lowest BCUT2D eigenvalue weighted by molar-refractivity contribution is -0.134. The van der Waals surface area contributed by atoms with Gasteiger partial charge in [0.2, 0.25) is 17.8 Å². The molecule has 0 spiro atoms. The largest absolute Gasteiger partial charge is 0.478 e. The maximum atomic E-state index is 16.2. The van der Waals surface area contributed by atoms with Crippen LogP contribution in [-0.4, -0.2) is 104 Å². The van der Waals surface area contributed by atoms with E-state index in [0.29, 0.717) is 68.1 Å². The van der Waals surface area contributed by atoms with Gasteiger partial charge in [-0.25, -0.2) is 23.1 Å². The van der Waals surface area contributed by atoms with E-state index in [4.69, 9.17) is 16.3 Å². The van der Waals surface area contributed by atoms with Crippen LogP contribution in [0.3, 0.4) is 0 Å². The van der Waals surface area contributed by atoms with Crippen LogP contribution in [0, 0.1) is 17.6 Å². The smallest absolute Gasteiger partial charge is 0.294 e. The molecule has 8 rings (SSSR count). The molecule has 16 nitrogen and oxygen atoms in total. The second-order valence-electron chi connectivity index (χ2n) is 16.4. The Morgan fingerprint density at radius 3 is 2.53 bits per heavy atom. The van der Waals surface area contributed by atoms with Crippen molar-refractivity contribution in [2.24, 2.45) is 13.0 Å². The van der Waals surface area contributed by atoms with Crippen molar-refractivity contribution in [3.05, 3.63) is 68.9 Å². The summed E-state index contributed by atoms with van der Waals surface area (Å²) in [5.41, 5.74) is 0.877. The van der Waals surface area contributed by atoms with Crippen molar-refractivity contribution in [1.29, 1.82) is 0 Å². The summed E-state index contributed by atoms with van der Waals surface area (Å²) in [4.78, 5) is 66.8. The minimum absolute atomic E-state index is 0.000812. The Labute approximate surface area is 359 Å². The minimum Gasteiger partial charge on any atom is -0.478 e. The molecule has 3 fully saturated rings. The third-order valence-electron chi connectivity index (χ3n) is 12.1. The van der Waals surface area contributed by atoms with Gasteiger partial charge in [-0.2, -0.15) is 10.1 Å². The summed E-state index contributed by atoms with van der Waals surface area (Å²) in [7, 11) is 3.03. The van der Waals surface area contributed by atoms with Gasteiger partial charge in [-0.3, -0.25) is 33.7 Å². The molecular weight excluding hydrogens is 831 g/mol. The summed E-state index contributed by atoms with van der Waals surface area (Å²) in [6.45, 7) is 5.49. The maximum Gasteiger partial charge on any atom is 0.294 e. The van der Waals surface area contributed by atoms with Crippen LogP contribution in [0.25, 0.3) is 21.9 Å². The van der Waals surface area contributed by atoms with E-state index in [2.05, 4.69) is 40.9 Å². The summed E-state index contributed by atoms with van der Waals surface area (Å²) < 4.78 is 56.2. The zero-order valence-electron chi connectivity index (χ0n) is 34.7. The third-order valence-corrected chi connectivity index (χ3v) is 12.4. The summed E-state index contributed by atoms with van der Waals surface area (Å²) >= 11 is 6.52. The Hall–Kier alpha value is -5.82.